The minimum absolute atomic E-state index is 0.381. The van der Waals surface area contributed by atoms with Crippen LogP contribution in [0.2, 0.25) is 0 Å². The van der Waals surface area contributed by atoms with E-state index in [1.165, 1.54) is 6.26 Å². The lowest BCUT2D eigenvalue weighted by molar-refractivity contribution is -0.125. The summed E-state index contributed by atoms with van der Waals surface area (Å²) in [4.78, 5) is 11.5. The van der Waals surface area contributed by atoms with Crippen LogP contribution in [0.1, 0.15) is 26.2 Å². The van der Waals surface area contributed by atoms with Gasteiger partial charge in [-0.2, -0.15) is 4.36 Å². The van der Waals surface area contributed by atoms with Gasteiger partial charge in [0.1, 0.15) is 0 Å². The highest BCUT2D eigenvalue weighted by Crippen LogP contribution is 2.30. The standard InChI is InChI=1S/C8H16N2O2S/c1-3-13(2,12)10-7(11)8(9)5-4-6-8/h3-6,9H2,1-2H3. The van der Waals surface area contributed by atoms with Crippen molar-refractivity contribution in [2.75, 3.05) is 12.0 Å². The Morgan fingerprint density at radius 2 is 2.15 bits per heavy atom. The Kier molecular flexibility index (Phi) is 2.77. The molecular weight excluding hydrogens is 188 g/mol. The highest BCUT2D eigenvalue weighted by Gasteiger charge is 2.40. The van der Waals surface area contributed by atoms with Crippen molar-refractivity contribution >= 4 is 15.6 Å². The number of amides is 1. The van der Waals surface area contributed by atoms with Gasteiger partial charge >= 0.3 is 0 Å². The molecule has 1 amide bonds. The highest BCUT2D eigenvalue weighted by molar-refractivity contribution is 7.93. The van der Waals surface area contributed by atoms with Crippen molar-refractivity contribution in [1.82, 2.24) is 0 Å². The van der Waals surface area contributed by atoms with E-state index in [0.717, 1.165) is 6.42 Å². The minimum atomic E-state index is -2.33. The molecule has 0 aromatic heterocycles. The summed E-state index contributed by atoms with van der Waals surface area (Å²) in [6.07, 6.45) is 3.81. The van der Waals surface area contributed by atoms with E-state index in [9.17, 15) is 9.00 Å². The molecule has 1 aliphatic rings. The quantitative estimate of drug-likeness (QED) is 0.712. The molecule has 1 atom stereocenters. The lowest BCUT2D eigenvalue weighted by Crippen LogP contribution is -2.53. The van der Waals surface area contributed by atoms with Crippen LogP contribution in [0.5, 0.6) is 0 Å². The Balaban J connectivity index is 2.81. The molecule has 1 unspecified atom stereocenters. The summed E-state index contributed by atoms with van der Waals surface area (Å²) >= 11 is 0. The van der Waals surface area contributed by atoms with Crippen LogP contribution in [0.3, 0.4) is 0 Å². The zero-order chi connectivity index (χ0) is 10.1. The third-order valence-corrected chi connectivity index (χ3v) is 4.11. The van der Waals surface area contributed by atoms with Crippen molar-refractivity contribution in [3.8, 4) is 0 Å². The van der Waals surface area contributed by atoms with Crippen LogP contribution in [-0.2, 0) is 14.5 Å². The van der Waals surface area contributed by atoms with E-state index in [4.69, 9.17) is 5.73 Å². The fourth-order valence-electron chi connectivity index (χ4n) is 1.10. The first-order valence-electron chi connectivity index (χ1n) is 4.43. The van der Waals surface area contributed by atoms with E-state index in [1.807, 2.05) is 0 Å². The summed E-state index contributed by atoms with van der Waals surface area (Å²) in [5.41, 5.74) is 4.94. The monoisotopic (exact) mass is 204 g/mol. The average molecular weight is 204 g/mol. The number of nitrogens with zero attached hydrogens (tertiary/aromatic N) is 1. The van der Waals surface area contributed by atoms with Crippen LogP contribution in [0, 0.1) is 0 Å². The van der Waals surface area contributed by atoms with E-state index in [2.05, 4.69) is 4.36 Å². The summed E-state index contributed by atoms with van der Waals surface area (Å²) in [6, 6.07) is 0. The lowest BCUT2D eigenvalue weighted by Gasteiger charge is -2.34. The molecule has 0 aromatic rings. The minimum Gasteiger partial charge on any atom is -0.317 e. The smallest absolute Gasteiger partial charge is 0.273 e. The van der Waals surface area contributed by atoms with Crippen molar-refractivity contribution < 1.29 is 9.00 Å². The van der Waals surface area contributed by atoms with E-state index < -0.39 is 15.3 Å². The third kappa shape index (κ3) is 2.28. The second-order valence-electron chi connectivity index (χ2n) is 3.65. The van der Waals surface area contributed by atoms with Gasteiger partial charge in [-0.3, -0.25) is 4.79 Å². The molecule has 0 aromatic carbocycles. The predicted molar refractivity (Wildman–Crippen MR) is 52.8 cm³/mol. The molecule has 0 spiro atoms. The van der Waals surface area contributed by atoms with Gasteiger partial charge < -0.3 is 5.73 Å². The Morgan fingerprint density at radius 3 is 2.46 bits per heavy atom. The number of carbonyl (C=O) groups excluding carboxylic acids is 1. The van der Waals surface area contributed by atoms with Crippen molar-refractivity contribution in [3.05, 3.63) is 0 Å². The van der Waals surface area contributed by atoms with Gasteiger partial charge in [-0.15, -0.1) is 0 Å². The van der Waals surface area contributed by atoms with Crippen LogP contribution < -0.4 is 5.73 Å². The maximum Gasteiger partial charge on any atom is 0.273 e. The molecule has 4 nitrogen and oxygen atoms in total. The zero-order valence-electron chi connectivity index (χ0n) is 8.08. The lowest BCUT2D eigenvalue weighted by atomic mass is 9.77. The summed E-state index contributed by atoms with van der Waals surface area (Å²) in [5.74, 6) is 0.0163. The van der Waals surface area contributed by atoms with Gasteiger partial charge in [0.25, 0.3) is 5.91 Å². The SMILES string of the molecule is CCS(C)(=O)=NC(=O)C1(N)CCC1. The predicted octanol–water partition coefficient (Wildman–Crippen LogP) is 0.512. The number of rotatable bonds is 2. The van der Waals surface area contributed by atoms with Crippen molar-refractivity contribution in [2.45, 2.75) is 31.7 Å². The molecule has 5 heteroatoms. The third-order valence-electron chi connectivity index (χ3n) is 2.48. The van der Waals surface area contributed by atoms with E-state index in [0.29, 0.717) is 18.6 Å². The van der Waals surface area contributed by atoms with Crippen molar-refractivity contribution in [1.29, 1.82) is 0 Å². The average Bonchev–Trinajstić information content (AvgIpc) is 1.99. The number of nitrogens with two attached hydrogens (primary N) is 1. The van der Waals surface area contributed by atoms with Crippen LogP contribution in [-0.4, -0.2) is 27.7 Å². The number of hydrogen-bond donors (Lipinski definition) is 1. The van der Waals surface area contributed by atoms with E-state index in [-0.39, 0.29) is 5.91 Å². The van der Waals surface area contributed by atoms with Crippen LogP contribution in [0.25, 0.3) is 0 Å². The van der Waals surface area contributed by atoms with Gasteiger partial charge in [-0.1, -0.05) is 6.92 Å². The molecule has 0 saturated heterocycles. The summed E-state index contributed by atoms with van der Waals surface area (Å²) < 4.78 is 15.2. The topological polar surface area (TPSA) is 72.5 Å². The fourth-order valence-corrected chi connectivity index (χ4v) is 1.76. The largest absolute Gasteiger partial charge is 0.317 e. The van der Waals surface area contributed by atoms with Crippen molar-refractivity contribution in [3.63, 3.8) is 0 Å². The van der Waals surface area contributed by atoms with Crippen LogP contribution in [0.4, 0.5) is 0 Å². The Bertz CT molecular complexity index is 325. The van der Waals surface area contributed by atoms with Gasteiger partial charge in [0.05, 0.1) is 15.3 Å². The van der Waals surface area contributed by atoms with Gasteiger partial charge in [0.2, 0.25) is 0 Å². The van der Waals surface area contributed by atoms with E-state index in [1.54, 1.807) is 6.92 Å². The molecule has 1 fully saturated rings. The summed E-state index contributed by atoms with van der Waals surface area (Å²) in [6.45, 7) is 1.75. The first kappa shape index (κ1) is 10.7. The second kappa shape index (κ2) is 3.38. The maximum absolute atomic E-state index is 11.5. The highest BCUT2D eigenvalue weighted by atomic mass is 32.2. The molecular formula is C8H16N2O2S. The molecule has 0 bridgehead atoms. The molecule has 0 radical (unpaired) electrons. The normalized spacial score (nSPS) is 24.2. The van der Waals surface area contributed by atoms with Gasteiger partial charge in [0.15, 0.2) is 0 Å². The first-order chi connectivity index (χ1) is 5.90. The van der Waals surface area contributed by atoms with Gasteiger partial charge in [0, 0.05) is 12.0 Å². The summed E-state index contributed by atoms with van der Waals surface area (Å²) in [5, 5.41) is 0. The van der Waals surface area contributed by atoms with E-state index >= 15 is 0 Å². The van der Waals surface area contributed by atoms with Gasteiger partial charge in [-0.05, 0) is 19.3 Å². The fraction of sp³-hybridized carbons (Fsp3) is 0.875. The Morgan fingerprint density at radius 1 is 1.62 bits per heavy atom. The molecule has 2 N–H and O–H groups in total. The molecule has 0 aliphatic heterocycles. The molecule has 1 rings (SSSR count). The van der Waals surface area contributed by atoms with Crippen LogP contribution in [0.15, 0.2) is 4.36 Å². The number of hydrogen-bond acceptors (Lipinski definition) is 3. The van der Waals surface area contributed by atoms with Crippen molar-refractivity contribution in [2.24, 2.45) is 10.1 Å². The second-order valence-corrected chi connectivity index (χ2v) is 6.33. The van der Waals surface area contributed by atoms with Crippen LogP contribution >= 0.6 is 0 Å². The first-order valence-corrected chi connectivity index (χ1v) is 6.52. The molecule has 13 heavy (non-hydrogen) atoms. The van der Waals surface area contributed by atoms with Gasteiger partial charge in [-0.25, -0.2) is 4.21 Å². The zero-order valence-corrected chi connectivity index (χ0v) is 8.89. The molecule has 1 aliphatic carbocycles. The summed E-state index contributed by atoms with van der Waals surface area (Å²) in [7, 11) is -2.33. The Labute approximate surface area is 79.1 Å². The maximum atomic E-state index is 11.5. The Hall–Kier alpha value is -0.420. The molecule has 1 saturated carbocycles. The molecule has 76 valence electrons. The molecule has 0 heterocycles. The number of carbonyl (C=O) groups is 1.